The lowest BCUT2D eigenvalue weighted by Crippen LogP contribution is -2.47. The number of hydrogen-bond acceptors (Lipinski definition) is 6. The van der Waals surface area contributed by atoms with Crippen LogP contribution in [0.3, 0.4) is 0 Å². The summed E-state index contributed by atoms with van der Waals surface area (Å²) in [4.78, 5) is 16.8. The van der Waals surface area contributed by atoms with Gasteiger partial charge in [0.2, 0.25) is 5.82 Å². The number of aromatic nitrogens is 1. The smallest absolute Gasteiger partial charge is 0.417 e. The Morgan fingerprint density at radius 2 is 1.91 bits per heavy atom. The number of sulfone groups is 1. The Morgan fingerprint density at radius 1 is 1.26 bits per heavy atom. The molecule has 4 atom stereocenters. The van der Waals surface area contributed by atoms with Crippen LogP contribution >= 0.6 is 0 Å². The third-order valence-electron chi connectivity index (χ3n) is 6.04. The molecule has 1 fully saturated rings. The van der Waals surface area contributed by atoms with Gasteiger partial charge >= 0.3 is 6.18 Å². The molecule has 13 heteroatoms. The molecule has 0 spiro atoms. The van der Waals surface area contributed by atoms with E-state index in [2.05, 4.69) is 10.3 Å². The van der Waals surface area contributed by atoms with Gasteiger partial charge in [-0.25, -0.2) is 17.8 Å². The van der Waals surface area contributed by atoms with Crippen LogP contribution in [0.25, 0.3) is 0 Å². The standard InChI is InChI=1S/C22H23F5N2O5S/c1-5-33-18-13(6-7-14(23)17(18)24)16-11(2)21(3,22(25,26)27)34-19(16)20(30)29-12-8-9-28-15(10-12)35(4,31)32/h6-11,16,19H,5H2,1-4H3,(H,28,29,30)/t11-,16-,19+,21+/m0/s1. The number of anilines is 1. The topological polar surface area (TPSA) is 94.6 Å². The summed E-state index contributed by atoms with van der Waals surface area (Å²) in [5.41, 5.74) is -3.04. The summed E-state index contributed by atoms with van der Waals surface area (Å²) in [5, 5.41) is 1.97. The van der Waals surface area contributed by atoms with Gasteiger partial charge < -0.3 is 14.8 Å². The number of rotatable bonds is 6. The normalized spacial score (nSPS) is 24.9. The average Bonchev–Trinajstić information content (AvgIpc) is 3.03. The van der Waals surface area contributed by atoms with Crippen LogP contribution in [0.1, 0.15) is 32.3 Å². The highest BCUT2D eigenvalue weighted by molar-refractivity contribution is 7.90. The first-order valence-electron chi connectivity index (χ1n) is 10.4. The van der Waals surface area contributed by atoms with Crippen molar-refractivity contribution in [1.82, 2.24) is 4.98 Å². The van der Waals surface area contributed by atoms with Gasteiger partial charge in [0, 0.05) is 35.5 Å². The highest BCUT2D eigenvalue weighted by atomic mass is 32.2. The summed E-state index contributed by atoms with van der Waals surface area (Å²) >= 11 is 0. The van der Waals surface area contributed by atoms with Gasteiger partial charge in [-0.15, -0.1) is 0 Å². The van der Waals surface area contributed by atoms with Gasteiger partial charge in [0.25, 0.3) is 5.91 Å². The number of pyridine rings is 1. The molecule has 1 aliphatic heterocycles. The number of carbonyl (C=O) groups excluding carboxylic acids is 1. The molecule has 3 rings (SSSR count). The van der Waals surface area contributed by atoms with Crippen LogP contribution < -0.4 is 10.1 Å². The first-order chi connectivity index (χ1) is 16.1. The quantitative estimate of drug-likeness (QED) is 0.571. The van der Waals surface area contributed by atoms with Gasteiger partial charge in [-0.3, -0.25) is 4.79 Å². The zero-order valence-electron chi connectivity index (χ0n) is 19.1. The SMILES string of the molecule is CCOc1c([C@H]2[C@H](C(=O)Nc3ccnc(S(C)(=O)=O)c3)O[C@@](C)(C(F)(F)F)[C@H]2C)ccc(F)c1F. The molecule has 0 bridgehead atoms. The van der Waals surface area contributed by atoms with Gasteiger partial charge in [0.05, 0.1) is 6.61 Å². The van der Waals surface area contributed by atoms with Crippen LogP contribution in [0.2, 0.25) is 0 Å². The first kappa shape index (κ1) is 26.8. The highest BCUT2D eigenvalue weighted by Crippen LogP contribution is 2.55. The van der Waals surface area contributed by atoms with Crippen molar-refractivity contribution >= 4 is 21.4 Å². The van der Waals surface area contributed by atoms with Crippen LogP contribution in [0.15, 0.2) is 35.5 Å². The van der Waals surface area contributed by atoms with Crippen LogP contribution in [0.5, 0.6) is 5.75 Å². The van der Waals surface area contributed by atoms with Crippen molar-refractivity contribution in [2.75, 3.05) is 18.2 Å². The molecule has 7 nitrogen and oxygen atoms in total. The van der Waals surface area contributed by atoms with Gasteiger partial charge in [0.1, 0.15) is 6.10 Å². The third-order valence-corrected chi connectivity index (χ3v) is 7.02. The maximum absolute atomic E-state index is 14.6. The van der Waals surface area contributed by atoms with Gasteiger partial charge in [0.15, 0.2) is 32.0 Å². The van der Waals surface area contributed by atoms with Crippen molar-refractivity contribution in [1.29, 1.82) is 0 Å². The number of benzene rings is 1. The van der Waals surface area contributed by atoms with Crippen LogP contribution in [-0.2, 0) is 19.4 Å². The molecule has 2 heterocycles. The van der Waals surface area contributed by atoms with Gasteiger partial charge in [-0.2, -0.15) is 17.6 Å². The average molecular weight is 522 g/mol. The zero-order chi connectivity index (χ0) is 26.3. The Labute approximate surface area is 198 Å². The summed E-state index contributed by atoms with van der Waals surface area (Å²) in [6.45, 7) is 3.33. The molecular weight excluding hydrogens is 499 g/mol. The Kier molecular flexibility index (Phi) is 7.15. The van der Waals surface area contributed by atoms with Gasteiger partial charge in [-0.05, 0) is 32.0 Å². The number of amides is 1. The minimum absolute atomic E-state index is 0.0589. The maximum Gasteiger partial charge on any atom is 0.417 e. The molecule has 1 saturated heterocycles. The molecule has 1 aromatic carbocycles. The number of nitrogens with zero attached hydrogens (tertiary/aromatic N) is 1. The lowest BCUT2D eigenvalue weighted by Gasteiger charge is -2.32. The fraction of sp³-hybridized carbons (Fsp3) is 0.455. The first-order valence-corrected chi connectivity index (χ1v) is 12.3. The molecule has 35 heavy (non-hydrogen) atoms. The lowest BCUT2D eigenvalue weighted by atomic mass is 9.77. The van der Waals surface area contributed by atoms with E-state index in [9.17, 15) is 35.2 Å². The van der Waals surface area contributed by atoms with Crippen molar-refractivity contribution < 1.29 is 44.6 Å². The van der Waals surface area contributed by atoms with Gasteiger partial charge in [-0.1, -0.05) is 13.0 Å². The molecule has 1 aromatic heterocycles. The van der Waals surface area contributed by atoms with E-state index >= 15 is 0 Å². The van der Waals surface area contributed by atoms with Crippen molar-refractivity contribution in [2.45, 2.75) is 49.6 Å². The summed E-state index contributed by atoms with van der Waals surface area (Å²) < 4.78 is 105. The molecule has 1 N–H and O–H groups in total. The van der Waals surface area contributed by atoms with E-state index < -0.39 is 62.8 Å². The lowest BCUT2D eigenvalue weighted by molar-refractivity contribution is -0.272. The summed E-state index contributed by atoms with van der Waals surface area (Å²) in [5.74, 6) is -7.15. The zero-order valence-corrected chi connectivity index (χ0v) is 19.9. The number of carbonyl (C=O) groups is 1. The Balaban J connectivity index is 2.10. The molecule has 0 saturated carbocycles. The van der Waals surface area contributed by atoms with Crippen LogP contribution in [0.4, 0.5) is 27.6 Å². The monoisotopic (exact) mass is 522 g/mol. The fourth-order valence-corrected chi connectivity index (χ4v) is 4.62. The van der Waals surface area contributed by atoms with E-state index in [0.29, 0.717) is 0 Å². The molecule has 192 valence electrons. The molecule has 0 aliphatic carbocycles. The molecule has 1 amide bonds. The minimum atomic E-state index is -4.91. The second-order valence-corrected chi connectivity index (χ2v) is 10.3. The van der Waals surface area contributed by atoms with E-state index in [-0.39, 0.29) is 22.9 Å². The van der Waals surface area contributed by atoms with Crippen LogP contribution in [-0.4, -0.2) is 50.1 Å². The Hall–Kier alpha value is -2.80. The Morgan fingerprint density at radius 3 is 2.49 bits per heavy atom. The van der Waals surface area contributed by atoms with E-state index in [1.54, 1.807) is 0 Å². The predicted octanol–water partition coefficient (Wildman–Crippen LogP) is 4.24. The maximum atomic E-state index is 14.6. The number of halogens is 5. The highest BCUT2D eigenvalue weighted by Gasteiger charge is 2.65. The van der Waals surface area contributed by atoms with E-state index in [1.165, 1.54) is 19.9 Å². The van der Waals surface area contributed by atoms with Crippen molar-refractivity contribution in [3.05, 3.63) is 47.7 Å². The minimum Gasteiger partial charge on any atom is -0.490 e. The summed E-state index contributed by atoms with van der Waals surface area (Å²) in [7, 11) is -3.74. The largest absolute Gasteiger partial charge is 0.490 e. The number of hydrogen-bond donors (Lipinski definition) is 1. The summed E-state index contributed by atoms with van der Waals surface area (Å²) in [6.07, 6.45) is -4.73. The van der Waals surface area contributed by atoms with Crippen molar-refractivity contribution in [3.63, 3.8) is 0 Å². The molecule has 2 aromatic rings. The van der Waals surface area contributed by atoms with E-state index in [4.69, 9.17) is 9.47 Å². The van der Waals surface area contributed by atoms with Crippen LogP contribution in [0, 0.1) is 17.6 Å². The van der Waals surface area contributed by atoms with E-state index in [1.807, 2.05) is 0 Å². The number of nitrogens with one attached hydrogen (secondary N) is 1. The second-order valence-electron chi connectivity index (χ2n) is 8.31. The molecular formula is C22H23F5N2O5S. The molecule has 0 unspecified atom stereocenters. The molecule has 0 radical (unpaired) electrons. The third kappa shape index (κ3) is 4.96. The Bertz CT molecular complexity index is 1240. The van der Waals surface area contributed by atoms with Crippen molar-refractivity contribution in [2.24, 2.45) is 5.92 Å². The number of ether oxygens (including phenoxy) is 2. The fourth-order valence-electron chi connectivity index (χ4n) is 4.03. The van der Waals surface area contributed by atoms with E-state index in [0.717, 1.165) is 37.6 Å². The second kappa shape index (κ2) is 9.34. The predicted molar refractivity (Wildman–Crippen MR) is 115 cm³/mol. The summed E-state index contributed by atoms with van der Waals surface area (Å²) in [6, 6.07) is 4.07. The van der Waals surface area contributed by atoms with Crippen molar-refractivity contribution in [3.8, 4) is 5.75 Å². The number of alkyl halides is 3. The molecule has 1 aliphatic rings.